The van der Waals surface area contributed by atoms with Crippen molar-refractivity contribution < 1.29 is 9.53 Å². The minimum atomic E-state index is -0.528. The molecule has 3 aromatic rings. The lowest BCUT2D eigenvalue weighted by Crippen LogP contribution is -2.40. The molecule has 7 nitrogen and oxygen atoms in total. The number of fused-ring (bicyclic) bond motifs is 2. The second kappa shape index (κ2) is 7.14. The summed E-state index contributed by atoms with van der Waals surface area (Å²) >= 11 is 4.85. The molecule has 1 atom stereocenters. The highest BCUT2D eigenvalue weighted by atomic mass is 79.9. The van der Waals surface area contributed by atoms with Gasteiger partial charge in [-0.05, 0) is 36.6 Å². The zero-order valence-electron chi connectivity index (χ0n) is 14.8. The number of aryl methyl sites for hydroxylation is 1. The van der Waals surface area contributed by atoms with Crippen LogP contribution in [-0.2, 0) is 22.5 Å². The zero-order valence-corrected chi connectivity index (χ0v) is 17.2. The van der Waals surface area contributed by atoms with Gasteiger partial charge in [-0.25, -0.2) is 9.78 Å². The van der Waals surface area contributed by atoms with Crippen LogP contribution in [0.4, 0.5) is 0 Å². The molecule has 0 saturated carbocycles. The van der Waals surface area contributed by atoms with Gasteiger partial charge < -0.3 is 4.74 Å². The van der Waals surface area contributed by atoms with Crippen LogP contribution in [0.1, 0.15) is 27.9 Å². The van der Waals surface area contributed by atoms with Gasteiger partial charge in [0.15, 0.2) is 0 Å². The van der Waals surface area contributed by atoms with E-state index in [0.29, 0.717) is 23.7 Å². The second-order valence-electron chi connectivity index (χ2n) is 6.39. The summed E-state index contributed by atoms with van der Waals surface area (Å²) in [5.74, 6) is -0.319. The smallest absolute Gasteiger partial charge is 0.327 e. The Bertz CT molecular complexity index is 1090. The number of benzene rings is 1. The largest absolute Gasteiger partial charge is 0.468 e. The summed E-state index contributed by atoms with van der Waals surface area (Å²) in [6, 6.07) is 6.92. The average Bonchev–Trinajstić information content (AvgIpc) is 3.01. The first-order chi connectivity index (χ1) is 13.0. The van der Waals surface area contributed by atoms with Gasteiger partial charge >= 0.3 is 5.97 Å². The molecule has 4 rings (SSSR count). The first-order valence-electron chi connectivity index (χ1n) is 8.43. The Balaban J connectivity index is 1.72. The lowest BCUT2D eigenvalue weighted by atomic mass is 9.92. The van der Waals surface area contributed by atoms with Gasteiger partial charge in [-0.3, -0.25) is 9.69 Å². The lowest BCUT2D eigenvalue weighted by Gasteiger charge is -2.35. The Morgan fingerprint density at radius 3 is 3.00 bits per heavy atom. The monoisotopic (exact) mass is 448 g/mol. The maximum absolute atomic E-state index is 12.6. The molecule has 0 radical (unpaired) electrons. The van der Waals surface area contributed by atoms with Crippen LogP contribution in [0, 0.1) is 6.92 Å². The Hall–Kier alpha value is -2.10. The number of nitrogens with zero attached hydrogens (tertiary/aromatic N) is 4. The van der Waals surface area contributed by atoms with Crippen LogP contribution in [0.5, 0.6) is 0 Å². The van der Waals surface area contributed by atoms with E-state index in [4.69, 9.17) is 4.74 Å². The van der Waals surface area contributed by atoms with Gasteiger partial charge in [0.05, 0.1) is 12.8 Å². The van der Waals surface area contributed by atoms with Gasteiger partial charge in [-0.1, -0.05) is 33.3 Å². The number of halogens is 1. The predicted octanol–water partition coefficient (Wildman–Crippen LogP) is 2.49. The zero-order chi connectivity index (χ0) is 19.1. The minimum Gasteiger partial charge on any atom is -0.468 e. The molecule has 0 aliphatic carbocycles. The third kappa shape index (κ3) is 3.42. The van der Waals surface area contributed by atoms with Crippen molar-refractivity contribution in [3.05, 3.63) is 60.9 Å². The van der Waals surface area contributed by atoms with Crippen LogP contribution in [0.15, 0.2) is 33.5 Å². The second-order valence-corrected chi connectivity index (χ2v) is 8.47. The maximum atomic E-state index is 12.6. The van der Waals surface area contributed by atoms with E-state index in [9.17, 15) is 9.59 Å². The highest BCUT2D eigenvalue weighted by molar-refractivity contribution is 9.10. The van der Waals surface area contributed by atoms with Crippen molar-refractivity contribution in [2.75, 3.05) is 13.7 Å². The molecule has 1 aliphatic heterocycles. The Kier molecular flexibility index (Phi) is 4.83. The summed E-state index contributed by atoms with van der Waals surface area (Å²) in [6.45, 7) is 2.90. The van der Waals surface area contributed by atoms with Crippen LogP contribution >= 0.6 is 27.3 Å². The van der Waals surface area contributed by atoms with Crippen molar-refractivity contribution in [2.45, 2.75) is 25.9 Å². The van der Waals surface area contributed by atoms with Gasteiger partial charge in [0.25, 0.3) is 5.56 Å². The van der Waals surface area contributed by atoms with Crippen LogP contribution in [0.25, 0.3) is 4.96 Å². The molecule has 140 valence electrons. The minimum absolute atomic E-state index is 0.214. The van der Waals surface area contributed by atoms with E-state index >= 15 is 0 Å². The summed E-state index contributed by atoms with van der Waals surface area (Å²) < 4.78 is 7.28. The highest BCUT2D eigenvalue weighted by Gasteiger charge is 2.34. The molecule has 0 N–H and O–H groups in total. The number of aromatic nitrogens is 3. The number of carbonyl (C=O) groups is 1. The SMILES string of the molecule is COC(=O)C1c2cc(Br)ccc2CCN1Cc1cc(=O)n2nc(C)sc2n1. The van der Waals surface area contributed by atoms with Gasteiger partial charge in [0, 0.05) is 23.6 Å². The lowest BCUT2D eigenvalue weighted by molar-refractivity contribution is -0.148. The third-order valence-corrected chi connectivity index (χ3v) is 5.94. The Labute approximate surface area is 167 Å². The molecule has 1 aliphatic rings. The molecule has 3 heterocycles. The predicted molar refractivity (Wildman–Crippen MR) is 105 cm³/mol. The Morgan fingerprint density at radius 2 is 2.22 bits per heavy atom. The van der Waals surface area contributed by atoms with E-state index < -0.39 is 6.04 Å². The first-order valence-corrected chi connectivity index (χ1v) is 10.0. The molecule has 0 spiro atoms. The topological polar surface area (TPSA) is 76.8 Å². The molecule has 0 saturated heterocycles. The molecular weight excluding hydrogens is 432 g/mol. The van der Waals surface area contributed by atoms with Crippen LogP contribution < -0.4 is 5.56 Å². The third-order valence-electron chi connectivity index (χ3n) is 4.62. The number of hydrogen-bond acceptors (Lipinski definition) is 7. The molecule has 0 fully saturated rings. The van der Waals surface area contributed by atoms with Crippen molar-refractivity contribution in [1.82, 2.24) is 19.5 Å². The van der Waals surface area contributed by atoms with Crippen molar-refractivity contribution in [3.63, 3.8) is 0 Å². The molecule has 1 aromatic carbocycles. The van der Waals surface area contributed by atoms with E-state index in [0.717, 1.165) is 27.0 Å². The molecule has 1 unspecified atom stereocenters. The normalized spacial score (nSPS) is 17.1. The summed E-state index contributed by atoms with van der Waals surface area (Å²) in [6.07, 6.45) is 0.816. The first kappa shape index (κ1) is 18.3. The fourth-order valence-electron chi connectivity index (χ4n) is 3.44. The number of esters is 1. The van der Waals surface area contributed by atoms with E-state index in [1.54, 1.807) is 0 Å². The van der Waals surface area contributed by atoms with E-state index in [1.807, 2.05) is 30.0 Å². The molecular formula is C18H17BrN4O3S. The van der Waals surface area contributed by atoms with Crippen molar-refractivity contribution >= 4 is 38.2 Å². The average molecular weight is 449 g/mol. The molecule has 0 bridgehead atoms. The molecule has 9 heteroatoms. The van der Waals surface area contributed by atoms with E-state index in [1.165, 1.54) is 29.0 Å². The number of ether oxygens (including phenoxy) is 1. The highest BCUT2D eigenvalue weighted by Crippen LogP contribution is 2.33. The number of hydrogen-bond donors (Lipinski definition) is 0. The maximum Gasteiger partial charge on any atom is 0.327 e. The molecule has 0 amide bonds. The fourth-order valence-corrected chi connectivity index (χ4v) is 4.58. The Morgan fingerprint density at radius 1 is 1.41 bits per heavy atom. The van der Waals surface area contributed by atoms with Gasteiger partial charge in [0.1, 0.15) is 11.0 Å². The van der Waals surface area contributed by atoms with Crippen molar-refractivity contribution in [2.24, 2.45) is 0 Å². The van der Waals surface area contributed by atoms with Crippen molar-refractivity contribution in [1.29, 1.82) is 0 Å². The molecule has 27 heavy (non-hydrogen) atoms. The fraction of sp³-hybridized carbons (Fsp3) is 0.333. The summed E-state index contributed by atoms with van der Waals surface area (Å²) in [5.41, 5.74) is 2.46. The number of rotatable bonds is 3. The van der Waals surface area contributed by atoms with Crippen LogP contribution in [0.3, 0.4) is 0 Å². The molecule has 2 aromatic heterocycles. The van der Waals surface area contributed by atoms with Gasteiger partial charge in [0.2, 0.25) is 4.96 Å². The summed E-state index contributed by atoms with van der Waals surface area (Å²) in [4.78, 5) is 32.0. The summed E-state index contributed by atoms with van der Waals surface area (Å²) in [5, 5.41) is 4.94. The van der Waals surface area contributed by atoms with Gasteiger partial charge in [-0.2, -0.15) is 9.61 Å². The number of methoxy groups -OCH3 is 1. The van der Waals surface area contributed by atoms with Crippen LogP contribution in [0.2, 0.25) is 0 Å². The number of carbonyl (C=O) groups excluding carboxylic acids is 1. The standard InChI is InChI=1S/C18H17BrN4O3S/c1-10-21-23-15(24)8-13(20-18(23)27-10)9-22-6-5-11-3-4-12(19)7-14(11)16(22)17(25)26-2/h3-4,7-8,16H,5-6,9H2,1-2H3. The van der Waals surface area contributed by atoms with E-state index in [-0.39, 0.29) is 11.5 Å². The van der Waals surface area contributed by atoms with Crippen LogP contribution in [-0.4, -0.2) is 39.1 Å². The van der Waals surface area contributed by atoms with E-state index in [2.05, 4.69) is 26.0 Å². The van der Waals surface area contributed by atoms with Crippen molar-refractivity contribution in [3.8, 4) is 0 Å². The quantitative estimate of drug-likeness (QED) is 0.572. The summed E-state index contributed by atoms with van der Waals surface area (Å²) in [7, 11) is 1.39. The van der Waals surface area contributed by atoms with Gasteiger partial charge in [-0.15, -0.1) is 0 Å².